The fourth-order valence-electron chi connectivity index (χ4n) is 1.15. The first kappa shape index (κ1) is 11.7. The minimum atomic E-state index is -1.31. The highest BCUT2D eigenvalue weighted by Gasteiger charge is 2.20. The van der Waals surface area contributed by atoms with Crippen molar-refractivity contribution < 1.29 is 19.1 Å². The highest BCUT2D eigenvalue weighted by molar-refractivity contribution is 6.31. The number of rotatable bonds is 3. The minimum Gasteiger partial charge on any atom is -0.478 e. The number of hydrogen-bond acceptors (Lipinski definition) is 2. The molecule has 1 aromatic carbocycles. The number of Topliss-reactive ketones (excluding diaryl/α,β-unsaturated/α-hetero) is 1. The van der Waals surface area contributed by atoms with E-state index in [1.807, 2.05) is 0 Å². The predicted octanol–water partition coefficient (Wildman–Crippen LogP) is 2.39. The molecule has 5 heteroatoms. The molecule has 0 amide bonds. The first-order valence-electron chi connectivity index (χ1n) is 4.10. The number of alkyl halides is 1. The summed E-state index contributed by atoms with van der Waals surface area (Å²) in [6, 6.07) is 3.12. The summed E-state index contributed by atoms with van der Waals surface area (Å²) in [4.78, 5) is 21.7. The maximum Gasteiger partial charge on any atom is 0.336 e. The number of hydrogen-bond donors (Lipinski definition) is 1. The summed E-state index contributed by atoms with van der Waals surface area (Å²) in [6.07, 6.45) is 0. The van der Waals surface area contributed by atoms with Gasteiger partial charge >= 0.3 is 5.97 Å². The largest absolute Gasteiger partial charge is 0.478 e. The van der Waals surface area contributed by atoms with Crippen LogP contribution in [0.2, 0.25) is 0 Å². The predicted molar refractivity (Wildman–Crippen MR) is 52.6 cm³/mol. The topological polar surface area (TPSA) is 54.4 Å². The highest BCUT2D eigenvalue weighted by atomic mass is 35.5. The minimum absolute atomic E-state index is 0.109. The van der Waals surface area contributed by atoms with Gasteiger partial charge in [0.1, 0.15) is 11.2 Å². The van der Waals surface area contributed by atoms with Gasteiger partial charge in [0.15, 0.2) is 5.78 Å². The van der Waals surface area contributed by atoms with Gasteiger partial charge in [0.2, 0.25) is 0 Å². The zero-order chi connectivity index (χ0) is 11.6. The molecule has 0 aliphatic rings. The number of benzene rings is 1. The Morgan fingerprint density at radius 1 is 1.47 bits per heavy atom. The van der Waals surface area contributed by atoms with Crippen molar-refractivity contribution >= 4 is 23.4 Å². The summed E-state index contributed by atoms with van der Waals surface area (Å²) in [5.41, 5.74) is -0.178. The third kappa shape index (κ3) is 2.53. The second-order valence-electron chi connectivity index (χ2n) is 3.01. The molecule has 0 aliphatic carbocycles. The fraction of sp³-hybridized carbons (Fsp3) is 0.200. The molecule has 0 saturated heterocycles. The first-order valence-corrected chi connectivity index (χ1v) is 4.54. The number of carboxylic acids is 1. The molecule has 80 valence electrons. The van der Waals surface area contributed by atoms with Gasteiger partial charge in [-0.05, 0) is 24.6 Å². The van der Waals surface area contributed by atoms with Gasteiger partial charge in [-0.15, -0.1) is 11.6 Å². The lowest BCUT2D eigenvalue weighted by molar-refractivity contribution is -0.116. The molecule has 1 atom stereocenters. The Balaban J connectivity index is 3.28. The second kappa shape index (κ2) is 4.40. The Morgan fingerprint density at radius 2 is 2.07 bits per heavy atom. The Labute approximate surface area is 90.5 Å². The van der Waals surface area contributed by atoms with Crippen LogP contribution in [0.5, 0.6) is 0 Å². The monoisotopic (exact) mass is 230 g/mol. The van der Waals surface area contributed by atoms with Crippen molar-refractivity contribution in [1.82, 2.24) is 0 Å². The van der Waals surface area contributed by atoms with Crippen molar-refractivity contribution in [3.05, 3.63) is 35.1 Å². The van der Waals surface area contributed by atoms with Crippen molar-refractivity contribution in [3.8, 4) is 0 Å². The molecule has 15 heavy (non-hydrogen) atoms. The molecule has 3 nitrogen and oxygen atoms in total. The zero-order valence-corrected chi connectivity index (χ0v) is 8.58. The maximum absolute atomic E-state index is 12.8. The van der Waals surface area contributed by atoms with E-state index in [2.05, 4.69) is 0 Å². The molecule has 1 rings (SSSR count). The van der Waals surface area contributed by atoms with E-state index < -0.39 is 17.2 Å². The number of halogens is 2. The van der Waals surface area contributed by atoms with Crippen LogP contribution >= 0.6 is 11.6 Å². The Hall–Kier alpha value is -1.42. The third-order valence-electron chi connectivity index (χ3n) is 1.88. The molecule has 0 spiro atoms. The molecule has 0 radical (unpaired) electrons. The Morgan fingerprint density at radius 3 is 2.53 bits per heavy atom. The Kier molecular flexibility index (Phi) is 3.42. The normalized spacial score (nSPS) is 12.2. The van der Waals surface area contributed by atoms with Crippen LogP contribution in [0.25, 0.3) is 0 Å². The van der Waals surface area contributed by atoms with Crippen LogP contribution in [0, 0.1) is 5.82 Å². The summed E-state index contributed by atoms with van der Waals surface area (Å²) < 4.78 is 12.8. The van der Waals surface area contributed by atoms with E-state index in [1.165, 1.54) is 13.0 Å². The smallest absolute Gasteiger partial charge is 0.336 e. The molecule has 0 heterocycles. The van der Waals surface area contributed by atoms with E-state index in [9.17, 15) is 14.0 Å². The highest BCUT2D eigenvalue weighted by Crippen LogP contribution is 2.25. The number of carboxylic acid groups (broad SMARTS) is 1. The summed E-state index contributed by atoms with van der Waals surface area (Å²) in [7, 11) is 0. The van der Waals surface area contributed by atoms with Crippen molar-refractivity contribution in [2.75, 3.05) is 0 Å². The summed E-state index contributed by atoms with van der Waals surface area (Å²) >= 11 is 5.71. The molecule has 0 saturated carbocycles. The van der Waals surface area contributed by atoms with Crippen LogP contribution in [0.15, 0.2) is 18.2 Å². The van der Waals surface area contributed by atoms with E-state index in [1.54, 1.807) is 0 Å². The number of ketones is 1. The van der Waals surface area contributed by atoms with E-state index in [4.69, 9.17) is 16.7 Å². The van der Waals surface area contributed by atoms with Gasteiger partial charge in [0, 0.05) is 0 Å². The van der Waals surface area contributed by atoms with Crippen molar-refractivity contribution in [2.45, 2.75) is 12.3 Å². The van der Waals surface area contributed by atoms with E-state index in [0.717, 1.165) is 12.1 Å². The molecule has 0 aliphatic heterocycles. The molecule has 0 fully saturated rings. The SMILES string of the molecule is CC(=O)C(Cl)c1ccc(F)cc1C(=O)O. The van der Waals surface area contributed by atoms with Gasteiger partial charge in [-0.25, -0.2) is 9.18 Å². The average Bonchev–Trinajstić information content (AvgIpc) is 2.16. The standard InChI is InChI=1S/C10H8ClFO3/c1-5(13)9(11)7-3-2-6(12)4-8(7)10(14)15/h2-4,9H,1H3,(H,14,15). The van der Waals surface area contributed by atoms with Crippen molar-refractivity contribution in [2.24, 2.45) is 0 Å². The zero-order valence-electron chi connectivity index (χ0n) is 7.83. The molecule has 0 bridgehead atoms. The van der Waals surface area contributed by atoms with Crippen LogP contribution in [0.4, 0.5) is 4.39 Å². The summed E-state index contributed by atoms with van der Waals surface area (Å²) in [5.74, 6) is -2.37. The molecular formula is C10H8ClFO3. The van der Waals surface area contributed by atoms with Crippen molar-refractivity contribution in [3.63, 3.8) is 0 Å². The van der Waals surface area contributed by atoms with Crippen LogP contribution in [-0.2, 0) is 4.79 Å². The van der Waals surface area contributed by atoms with Gasteiger partial charge < -0.3 is 5.11 Å². The lowest BCUT2D eigenvalue weighted by atomic mass is 10.0. The van der Waals surface area contributed by atoms with Gasteiger partial charge in [-0.1, -0.05) is 6.07 Å². The number of carbonyl (C=O) groups excluding carboxylic acids is 1. The van der Waals surface area contributed by atoms with Gasteiger partial charge in [-0.3, -0.25) is 4.79 Å². The lowest BCUT2D eigenvalue weighted by Gasteiger charge is -2.09. The molecule has 0 aromatic heterocycles. The van der Waals surface area contributed by atoms with E-state index >= 15 is 0 Å². The van der Waals surface area contributed by atoms with Gasteiger partial charge in [0.25, 0.3) is 0 Å². The second-order valence-corrected chi connectivity index (χ2v) is 3.45. The molecule has 1 aromatic rings. The number of aromatic carboxylic acids is 1. The van der Waals surface area contributed by atoms with Gasteiger partial charge in [-0.2, -0.15) is 0 Å². The van der Waals surface area contributed by atoms with Gasteiger partial charge in [0.05, 0.1) is 5.56 Å². The maximum atomic E-state index is 12.8. The van der Waals surface area contributed by atoms with Crippen molar-refractivity contribution in [1.29, 1.82) is 0 Å². The van der Waals surface area contributed by atoms with Crippen LogP contribution < -0.4 is 0 Å². The lowest BCUT2D eigenvalue weighted by Crippen LogP contribution is -2.09. The van der Waals surface area contributed by atoms with Crippen LogP contribution in [-0.4, -0.2) is 16.9 Å². The quantitative estimate of drug-likeness (QED) is 0.812. The summed E-state index contributed by atoms with van der Waals surface area (Å²) in [5, 5.41) is 7.73. The third-order valence-corrected chi connectivity index (χ3v) is 2.42. The fourth-order valence-corrected chi connectivity index (χ4v) is 1.34. The summed E-state index contributed by atoms with van der Waals surface area (Å²) in [6.45, 7) is 1.24. The molecular weight excluding hydrogens is 223 g/mol. The van der Waals surface area contributed by atoms with E-state index in [0.29, 0.717) is 0 Å². The number of carbonyl (C=O) groups is 2. The Bertz CT molecular complexity index is 417. The van der Waals surface area contributed by atoms with Crippen LogP contribution in [0.3, 0.4) is 0 Å². The van der Waals surface area contributed by atoms with E-state index in [-0.39, 0.29) is 16.9 Å². The van der Waals surface area contributed by atoms with Crippen LogP contribution in [0.1, 0.15) is 28.2 Å². The molecule has 1 unspecified atom stereocenters. The molecule has 1 N–H and O–H groups in total. The average molecular weight is 231 g/mol. The first-order chi connectivity index (χ1) is 6.93.